The van der Waals surface area contributed by atoms with E-state index in [2.05, 4.69) is 10.6 Å². The molecule has 1 heterocycles. The topological polar surface area (TPSA) is 41.1 Å². The minimum Gasteiger partial charge on any atom is -0.325 e. The van der Waals surface area contributed by atoms with Gasteiger partial charge in [0, 0.05) is 17.5 Å². The van der Waals surface area contributed by atoms with Crippen molar-refractivity contribution in [3.8, 4) is 0 Å². The van der Waals surface area contributed by atoms with Crippen molar-refractivity contribution in [1.82, 2.24) is 5.32 Å². The third-order valence-electron chi connectivity index (χ3n) is 3.11. The van der Waals surface area contributed by atoms with Gasteiger partial charge in [0.05, 0.1) is 6.04 Å². The van der Waals surface area contributed by atoms with E-state index in [9.17, 15) is 4.79 Å². The Hall–Kier alpha value is -1.00. The Morgan fingerprint density at radius 1 is 1.44 bits per heavy atom. The molecule has 2 rings (SSSR count). The van der Waals surface area contributed by atoms with Crippen molar-refractivity contribution in [3.05, 3.63) is 30.3 Å². The largest absolute Gasteiger partial charge is 0.325 e. The second kappa shape index (κ2) is 6.81. The lowest BCUT2D eigenvalue weighted by atomic mass is 10.2. The van der Waals surface area contributed by atoms with Crippen molar-refractivity contribution >= 4 is 23.4 Å². The van der Waals surface area contributed by atoms with Gasteiger partial charge in [0.2, 0.25) is 5.91 Å². The number of hydrogen-bond donors (Lipinski definition) is 2. The summed E-state index contributed by atoms with van der Waals surface area (Å²) in [6.07, 6.45) is 2.58. The number of rotatable bonds is 5. The van der Waals surface area contributed by atoms with Gasteiger partial charge in [-0.1, -0.05) is 18.2 Å². The molecule has 18 heavy (non-hydrogen) atoms. The molecular weight excluding hydrogens is 244 g/mol. The van der Waals surface area contributed by atoms with Crippen LogP contribution in [0.2, 0.25) is 0 Å². The molecule has 0 saturated carbocycles. The number of hydrogen-bond acceptors (Lipinski definition) is 3. The van der Waals surface area contributed by atoms with Crippen LogP contribution < -0.4 is 10.6 Å². The second-order valence-corrected chi connectivity index (χ2v) is 6.03. The lowest BCUT2D eigenvalue weighted by Gasteiger charge is -2.16. The van der Waals surface area contributed by atoms with Crippen LogP contribution in [0.5, 0.6) is 0 Å². The molecule has 2 atom stereocenters. The molecular formula is C14H20N2OS. The van der Waals surface area contributed by atoms with Gasteiger partial charge in [-0.2, -0.15) is 11.8 Å². The van der Waals surface area contributed by atoms with Crippen molar-refractivity contribution in [3.63, 3.8) is 0 Å². The lowest BCUT2D eigenvalue weighted by molar-refractivity contribution is -0.117. The minimum atomic E-state index is -0.147. The van der Waals surface area contributed by atoms with Crippen LogP contribution in [0.3, 0.4) is 0 Å². The van der Waals surface area contributed by atoms with Crippen molar-refractivity contribution in [2.24, 2.45) is 0 Å². The highest BCUT2D eigenvalue weighted by atomic mass is 32.2. The summed E-state index contributed by atoms with van der Waals surface area (Å²) >= 11 is 2.01. The molecule has 0 aliphatic carbocycles. The van der Waals surface area contributed by atoms with Gasteiger partial charge in [-0.05, 0) is 37.7 Å². The van der Waals surface area contributed by atoms with Gasteiger partial charge in [0.25, 0.3) is 0 Å². The van der Waals surface area contributed by atoms with Gasteiger partial charge >= 0.3 is 0 Å². The van der Waals surface area contributed by atoms with Gasteiger partial charge in [-0.15, -0.1) is 0 Å². The minimum absolute atomic E-state index is 0.0317. The van der Waals surface area contributed by atoms with E-state index in [0.717, 1.165) is 12.2 Å². The second-order valence-electron chi connectivity index (χ2n) is 4.62. The molecule has 1 fully saturated rings. The van der Waals surface area contributed by atoms with Crippen molar-refractivity contribution < 1.29 is 4.79 Å². The first-order chi connectivity index (χ1) is 8.75. The van der Waals surface area contributed by atoms with Crippen LogP contribution in [0.15, 0.2) is 30.3 Å². The quantitative estimate of drug-likeness (QED) is 0.858. The van der Waals surface area contributed by atoms with E-state index in [1.54, 1.807) is 0 Å². The van der Waals surface area contributed by atoms with E-state index in [-0.39, 0.29) is 11.9 Å². The fourth-order valence-corrected chi connectivity index (χ4v) is 3.19. The zero-order valence-electron chi connectivity index (χ0n) is 10.7. The molecule has 1 aromatic rings. The van der Waals surface area contributed by atoms with Crippen LogP contribution in [-0.4, -0.2) is 29.5 Å². The number of amides is 1. The normalized spacial score (nSPS) is 20.6. The predicted octanol–water partition coefficient (Wildman–Crippen LogP) is 2.50. The first kappa shape index (κ1) is 13.4. The predicted molar refractivity (Wildman–Crippen MR) is 78.0 cm³/mol. The fourth-order valence-electron chi connectivity index (χ4n) is 1.98. The van der Waals surface area contributed by atoms with Crippen LogP contribution in [0.1, 0.15) is 19.8 Å². The molecule has 0 aromatic heterocycles. The zero-order chi connectivity index (χ0) is 12.8. The summed E-state index contributed by atoms with van der Waals surface area (Å²) in [7, 11) is 0. The van der Waals surface area contributed by atoms with E-state index in [1.165, 1.54) is 18.6 Å². The van der Waals surface area contributed by atoms with Crippen molar-refractivity contribution in [2.75, 3.05) is 17.6 Å². The van der Waals surface area contributed by atoms with Crippen molar-refractivity contribution in [2.45, 2.75) is 31.1 Å². The van der Waals surface area contributed by atoms with Gasteiger partial charge in [-0.3, -0.25) is 4.79 Å². The maximum atomic E-state index is 11.9. The summed E-state index contributed by atoms with van der Waals surface area (Å²) < 4.78 is 0. The standard InChI is InChI=1S/C14H20N2OS/c1-11(15-10-13-8-5-9-18-13)14(17)16-12-6-3-2-4-7-12/h2-4,6-7,11,13,15H,5,8-10H2,1H3,(H,16,17). The number of carbonyl (C=O) groups excluding carboxylic acids is 1. The molecule has 0 spiro atoms. The summed E-state index contributed by atoms with van der Waals surface area (Å²) in [5.41, 5.74) is 0.853. The molecule has 2 N–H and O–H groups in total. The van der Waals surface area contributed by atoms with Gasteiger partial charge in [-0.25, -0.2) is 0 Å². The molecule has 3 nitrogen and oxygen atoms in total. The number of thioether (sulfide) groups is 1. The third-order valence-corrected chi connectivity index (χ3v) is 4.51. The summed E-state index contributed by atoms with van der Waals surface area (Å²) in [6.45, 7) is 2.84. The summed E-state index contributed by atoms with van der Waals surface area (Å²) in [5, 5.41) is 6.90. The zero-order valence-corrected chi connectivity index (χ0v) is 11.5. The Morgan fingerprint density at radius 2 is 2.22 bits per heavy atom. The molecule has 0 radical (unpaired) electrons. The maximum Gasteiger partial charge on any atom is 0.241 e. The molecule has 1 aliphatic heterocycles. The van der Waals surface area contributed by atoms with Crippen LogP contribution >= 0.6 is 11.8 Å². The van der Waals surface area contributed by atoms with Gasteiger partial charge in [0.15, 0.2) is 0 Å². The molecule has 4 heteroatoms. The van der Waals surface area contributed by atoms with E-state index in [1.807, 2.05) is 49.0 Å². The average Bonchev–Trinajstić information content (AvgIpc) is 2.90. The third kappa shape index (κ3) is 4.03. The molecule has 1 saturated heterocycles. The molecule has 2 unspecified atom stereocenters. The Morgan fingerprint density at radius 3 is 2.89 bits per heavy atom. The first-order valence-corrected chi connectivity index (χ1v) is 7.51. The number of para-hydroxylation sites is 1. The molecule has 1 amide bonds. The summed E-state index contributed by atoms with van der Waals surface area (Å²) in [4.78, 5) is 11.9. The van der Waals surface area contributed by atoms with E-state index < -0.39 is 0 Å². The Kier molecular flexibility index (Phi) is 5.08. The fraction of sp³-hybridized carbons (Fsp3) is 0.500. The number of nitrogens with one attached hydrogen (secondary N) is 2. The molecule has 1 aromatic carbocycles. The highest BCUT2D eigenvalue weighted by Crippen LogP contribution is 2.25. The van der Waals surface area contributed by atoms with Crippen LogP contribution in [0, 0.1) is 0 Å². The summed E-state index contributed by atoms with van der Waals surface area (Å²) in [5.74, 6) is 1.29. The van der Waals surface area contributed by atoms with E-state index in [4.69, 9.17) is 0 Å². The molecule has 0 bridgehead atoms. The highest BCUT2D eigenvalue weighted by Gasteiger charge is 2.18. The Balaban J connectivity index is 1.74. The Labute approximate surface area is 113 Å². The number of anilines is 1. The maximum absolute atomic E-state index is 11.9. The molecule has 1 aliphatic rings. The molecule has 98 valence electrons. The van der Waals surface area contributed by atoms with Crippen LogP contribution in [-0.2, 0) is 4.79 Å². The SMILES string of the molecule is CC(NCC1CCCS1)C(=O)Nc1ccccc1. The Bertz CT molecular complexity index is 377. The van der Waals surface area contributed by atoms with Crippen LogP contribution in [0.4, 0.5) is 5.69 Å². The highest BCUT2D eigenvalue weighted by molar-refractivity contribution is 8.00. The van der Waals surface area contributed by atoms with E-state index >= 15 is 0 Å². The lowest BCUT2D eigenvalue weighted by Crippen LogP contribution is -2.40. The van der Waals surface area contributed by atoms with Gasteiger partial charge in [0.1, 0.15) is 0 Å². The smallest absolute Gasteiger partial charge is 0.241 e. The summed E-state index contributed by atoms with van der Waals surface area (Å²) in [6, 6.07) is 9.43. The number of benzene rings is 1. The van der Waals surface area contributed by atoms with Crippen LogP contribution in [0.25, 0.3) is 0 Å². The number of carbonyl (C=O) groups is 1. The van der Waals surface area contributed by atoms with Gasteiger partial charge < -0.3 is 10.6 Å². The van der Waals surface area contributed by atoms with Crippen molar-refractivity contribution in [1.29, 1.82) is 0 Å². The van der Waals surface area contributed by atoms with E-state index in [0.29, 0.717) is 5.25 Å². The average molecular weight is 264 g/mol. The monoisotopic (exact) mass is 264 g/mol. The first-order valence-electron chi connectivity index (χ1n) is 6.46.